The van der Waals surface area contributed by atoms with Gasteiger partial charge in [0.1, 0.15) is 42.3 Å². The average molecular weight is 1110 g/mol. The lowest BCUT2D eigenvalue weighted by molar-refractivity contribution is -0.136. The van der Waals surface area contributed by atoms with Crippen LogP contribution in [0.15, 0.2) is 10.3 Å². The largest absolute Gasteiger partial charge is 0.411 e. The number of amides is 10. The molecule has 78 heavy (non-hydrogen) atoms. The van der Waals surface area contributed by atoms with Gasteiger partial charge in [-0.1, -0.05) is 24.2 Å². The second-order valence-corrected chi connectivity index (χ2v) is 21.3. The summed E-state index contributed by atoms with van der Waals surface area (Å²) in [6.45, 7) is 22.1. The molecular formula is C51H95N15O12. The Labute approximate surface area is 460 Å². The van der Waals surface area contributed by atoms with E-state index in [0.29, 0.717) is 56.9 Å². The van der Waals surface area contributed by atoms with Crippen LogP contribution in [0.25, 0.3) is 0 Å². The number of nitrogens with two attached hydrogens (primary N) is 2. The van der Waals surface area contributed by atoms with E-state index in [1.807, 2.05) is 41.5 Å². The first-order chi connectivity index (χ1) is 36.3. The van der Waals surface area contributed by atoms with Crippen LogP contribution in [0.4, 0.5) is 0 Å². The highest BCUT2D eigenvalue weighted by Crippen LogP contribution is 2.16. The van der Waals surface area contributed by atoms with Crippen LogP contribution in [0, 0.1) is 11.8 Å². The van der Waals surface area contributed by atoms with Gasteiger partial charge in [0.15, 0.2) is 0 Å². The van der Waals surface area contributed by atoms with E-state index < -0.39 is 113 Å². The third-order valence-corrected chi connectivity index (χ3v) is 13.3. The SMILES string of the molecule is CNC(=O)[C@H](C)NC(=O)[C@H](CCCCN)NC(=O)[C@H](CC(C)C)NC(=O)[C@H](C)NC(=O)[C@H](C)NC(=O)[C@H](CC(N)=O)NC(=O)[C@H](C)NC(=O)CCCC(=O)NCCC(CCNC(C)(C)/C(C)=N\O)CCNC(C)(C)/C(C)=N\O. The zero-order chi connectivity index (χ0) is 59.9. The maximum absolute atomic E-state index is 13.6. The van der Waals surface area contributed by atoms with Gasteiger partial charge in [-0.05, 0) is 152 Å². The monoisotopic (exact) mass is 1110 g/mol. The molecule has 0 unspecified atom stereocenters. The summed E-state index contributed by atoms with van der Waals surface area (Å²) in [5.41, 5.74) is 11.0. The molecule has 10 amide bonds. The minimum absolute atomic E-state index is 0.0241. The summed E-state index contributed by atoms with van der Waals surface area (Å²) in [4.78, 5) is 129. The van der Waals surface area contributed by atoms with Crippen LogP contribution in [-0.2, 0) is 47.9 Å². The highest BCUT2D eigenvalue weighted by Gasteiger charge is 2.33. The first-order valence-corrected chi connectivity index (χ1v) is 26.8. The Hall–Kier alpha value is -6.48. The number of hydrogen-bond donors (Lipinski definition) is 15. The van der Waals surface area contributed by atoms with Crippen LogP contribution in [0.2, 0.25) is 0 Å². The van der Waals surface area contributed by atoms with Crippen molar-refractivity contribution in [3.63, 3.8) is 0 Å². The average Bonchev–Trinajstić information content (AvgIpc) is 3.36. The Bertz CT molecular complexity index is 2010. The summed E-state index contributed by atoms with van der Waals surface area (Å²) in [7, 11) is 1.42. The second-order valence-electron chi connectivity index (χ2n) is 21.3. The second kappa shape index (κ2) is 36.6. The first-order valence-electron chi connectivity index (χ1n) is 26.8. The number of oxime groups is 2. The molecule has 0 aromatic heterocycles. The Morgan fingerprint density at radius 1 is 0.500 bits per heavy atom. The third kappa shape index (κ3) is 28.8. The number of nitrogens with one attached hydrogen (secondary N) is 11. The highest BCUT2D eigenvalue weighted by atomic mass is 16.4. The van der Waals surface area contributed by atoms with Crippen LogP contribution in [0.5, 0.6) is 0 Å². The van der Waals surface area contributed by atoms with Gasteiger partial charge in [-0.2, -0.15) is 0 Å². The third-order valence-electron chi connectivity index (χ3n) is 13.3. The van der Waals surface area contributed by atoms with Gasteiger partial charge in [-0.3, -0.25) is 47.9 Å². The van der Waals surface area contributed by atoms with Gasteiger partial charge < -0.3 is 80.4 Å². The van der Waals surface area contributed by atoms with Gasteiger partial charge in [-0.25, -0.2) is 0 Å². The molecule has 0 aliphatic carbocycles. The molecule has 7 atom stereocenters. The minimum atomic E-state index is -1.57. The fourth-order valence-corrected chi connectivity index (χ4v) is 7.53. The van der Waals surface area contributed by atoms with E-state index >= 15 is 0 Å². The van der Waals surface area contributed by atoms with Crippen LogP contribution in [0.1, 0.15) is 154 Å². The number of primary amides is 1. The number of carbonyl (C=O) groups is 10. The lowest BCUT2D eigenvalue weighted by Gasteiger charge is -2.28. The summed E-state index contributed by atoms with van der Waals surface area (Å²) in [6.07, 6.45) is 2.96. The summed E-state index contributed by atoms with van der Waals surface area (Å²) < 4.78 is 0. The predicted molar refractivity (Wildman–Crippen MR) is 295 cm³/mol. The molecule has 0 radical (unpaired) electrons. The Balaban J connectivity index is 5.44. The Morgan fingerprint density at radius 2 is 0.910 bits per heavy atom. The highest BCUT2D eigenvalue weighted by molar-refractivity contribution is 5.98. The molecule has 0 fully saturated rings. The summed E-state index contributed by atoms with van der Waals surface area (Å²) in [5.74, 6) is -6.90. The summed E-state index contributed by atoms with van der Waals surface area (Å²) in [5, 5.41) is 54.8. The van der Waals surface area contributed by atoms with Crippen molar-refractivity contribution in [2.45, 2.75) is 207 Å². The fourth-order valence-electron chi connectivity index (χ4n) is 7.53. The molecule has 0 spiro atoms. The molecular weight excluding hydrogens is 1010 g/mol. The van der Waals surface area contributed by atoms with E-state index in [-0.39, 0.29) is 49.8 Å². The maximum atomic E-state index is 13.6. The number of nitrogens with zero attached hydrogens (tertiary/aromatic N) is 2. The van der Waals surface area contributed by atoms with Crippen molar-refractivity contribution in [1.29, 1.82) is 0 Å². The molecule has 27 heteroatoms. The smallest absolute Gasteiger partial charge is 0.243 e. The number of carbonyl (C=O) groups excluding carboxylic acids is 10. The van der Waals surface area contributed by atoms with E-state index in [0.717, 1.165) is 12.8 Å². The fraction of sp³-hybridized carbons (Fsp3) is 0.765. The summed E-state index contributed by atoms with van der Waals surface area (Å²) >= 11 is 0. The minimum Gasteiger partial charge on any atom is -0.411 e. The van der Waals surface area contributed by atoms with Crippen LogP contribution >= 0.6 is 0 Å². The van der Waals surface area contributed by atoms with Crippen molar-refractivity contribution in [3.05, 3.63) is 0 Å². The van der Waals surface area contributed by atoms with Gasteiger partial charge >= 0.3 is 0 Å². The van der Waals surface area contributed by atoms with Crippen molar-refractivity contribution >= 4 is 70.5 Å². The standard InChI is InChI=1S/C51H95N15O12/c1-29(2)27-38(49(76)62-37(17-14-15-23-52)47(74)60-30(3)43(70)54-13)63-46(73)33(6)59-44(71)32(5)61-48(75)39(28-40(53)67)64-45(72)31(4)58-42(69)19-16-18-41(68)55-24-20-36(21-25-56-50(9,10)34(7)65-77)22-26-57-51(11,12)35(8)66-78/h29-33,36-39,56-57,77-78H,14-28,52H2,1-13H3,(H2,53,67)(H,54,70)(H,55,68)(H,58,69)(H,59,71)(H,60,74)(H,61,75)(H,62,76)(H,63,73)(H,64,72)/b65-34-,66-35-/t30-,31-,32-,33-,37-,38-,39-/m0/s1. The van der Waals surface area contributed by atoms with Crippen LogP contribution < -0.4 is 70.0 Å². The van der Waals surface area contributed by atoms with Crippen molar-refractivity contribution in [1.82, 2.24) is 58.5 Å². The lowest BCUT2D eigenvalue weighted by Crippen LogP contribution is -2.59. The van der Waals surface area contributed by atoms with Crippen LogP contribution in [0.3, 0.4) is 0 Å². The molecule has 0 saturated heterocycles. The first kappa shape index (κ1) is 71.5. The number of likely N-dealkylation sites (N-methyl/N-ethyl adjacent to an activating group) is 1. The number of rotatable bonds is 39. The van der Waals surface area contributed by atoms with E-state index in [2.05, 4.69) is 68.8 Å². The number of hydrogen-bond acceptors (Lipinski definition) is 17. The van der Waals surface area contributed by atoms with Gasteiger partial charge in [0.05, 0.1) is 28.9 Å². The zero-order valence-electron chi connectivity index (χ0n) is 48.3. The Morgan fingerprint density at radius 3 is 1.38 bits per heavy atom. The van der Waals surface area contributed by atoms with E-state index in [9.17, 15) is 58.4 Å². The lowest BCUT2D eigenvalue weighted by atomic mass is 9.94. The van der Waals surface area contributed by atoms with Crippen molar-refractivity contribution in [2.75, 3.05) is 33.2 Å². The molecule has 0 aromatic carbocycles. The van der Waals surface area contributed by atoms with E-state index in [1.165, 1.54) is 34.7 Å². The van der Waals surface area contributed by atoms with Crippen molar-refractivity contribution < 1.29 is 58.4 Å². The molecule has 0 bridgehead atoms. The molecule has 0 aromatic rings. The molecule has 0 rings (SSSR count). The Kier molecular flexibility index (Phi) is 33.5. The summed E-state index contributed by atoms with van der Waals surface area (Å²) in [6, 6.07) is -8.44. The van der Waals surface area contributed by atoms with Gasteiger partial charge in [-0.15, -0.1) is 0 Å². The van der Waals surface area contributed by atoms with Crippen molar-refractivity contribution in [2.24, 2.45) is 33.6 Å². The molecule has 0 aliphatic heterocycles. The van der Waals surface area contributed by atoms with Gasteiger partial charge in [0.2, 0.25) is 59.1 Å². The normalized spacial score (nSPS) is 14.8. The molecule has 27 nitrogen and oxygen atoms in total. The topological polar surface area (TPSA) is 420 Å². The van der Waals surface area contributed by atoms with E-state index in [4.69, 9.17) is 11.5 Å². The molecule has 0 aliphatic rings. The van der Waals surface area contributed by atoms with Crippen LogP contribution in [-0.4, -0.2) is 168 Å². The number of unbranched alkanes of at least 4 members (excludes halogenated alkanes) is 1. The van der Waals surface area contributed by atoms with E-state index in [1.54, 1.807) is 13.8 Å². The molecule has 0 saturated carbocycles. The molecule has 0 heterocycles. The quantitative estimate of drug-likeness (QED) is 0.0148. The van der Waals surface area contributed by atoms with Gasteiger partial charge in [0, 0.05) is 26.4 Å². The predicted octanol–water partition coefficient (Wildman–Crippen LogP) is -1.23. The zero-order valence-corrected chi connectivity index (χ0v) is 48.3. The molecule has 17 N–H and O–H groups in total. The maximum Gasteiger partial charge on any atom is 0.243 e. The molecule has 446 valence electrons. The van der Waals surface area contributed by atoms with Crippen molar-refractivity contribution in [3.8, 4) is 0 Å². The van der Waals surface area contributed by atoms with Gasteiger partial charge in [0.25, 0.3) is 0 Å².